The Balaban J connectivity index is 1.68. The lowest BCUT2D eigenvalue weighted by Crippen LogP contribution is -2.53. The fourth-order valence-corrected chi connectivity index (χ4v) is 4.62. The number of carbonyl (C=O) groups excluding carboxylic acids is 1. The molecule has 6 unspecified atom stereocenters. The van der Waals surface area contributed by atoms with Crippen molar-refractivity contribution in [3.05, 3.63) is 0 Å². The number of nitrogens with one attached hydrogen (secondary N) is 1. The van der Waals surface area contributed by atoms with E-state index in [1.807, 2.05) is 6.92 Å². The first kappa shape index (κ1) is 14.6. The van der Waals surface area contributed by atoms with Crippen LogP contribution in [0.3, 0.4) is 0 Å². The van der Waals surface area contributed by atoms with E-state index >= 15 is 0 Å². The van der Waals surface area contributed by atoms with Crippen molar-refractivity contribution < 1.29 is 19.8 Å². The molecule has 0 aromatic carbocycles. The zero-order valence-corrected chi connectivity index (χ0v) is 12.4. The summed E-state index contributed by atoms with van der Waals surface area (Å²) < 4.78 is 0. The van der Waals surface area contributed by atoms with E-state index in [1.54, 1.807) is 4.90 Å². The number of aliphatic hydroxyl groups excluding tert-OH is 1. The van der Waals surface area contributed by atoms with E-state index in [1.165, 1.54) is 0 Å². The molecule has 21 heavy (non-hydrogen) atoms. The summed E-state index contributed by atoms with van der Waals surface area (Å²) in [5.74, 6) is -0.436. The van der Waals surface area contributed by atoms with Gasteiger partial charge < -0.3 is 20.4 Å². The molecule has 3 N–H and O–H groups in total. The summed E-state index contributed by atoms with van der Waals surface area (Å²) in [4.78, 5) is 25.6. The molecule has 1 saturated heterocycles. The molecule has 3 rings (SSSR count). The second-order valence-corrected chi connectivity index (χ2v) is 6.88. The maximum absolute atomic E-state index is 12.5. The second-order valence-electron chi connectivity index (χ2n) is 6.88. The number of carboxylic acids is 1. The summed E-state index contributed by atoms with van der Waals surface area (Å²) in [5.41, 5.74) is 0. The Hall–Kier alpha value is -1.30. The Morgan fingerprint density at radius 1 is 1.24 bits per heavy atom. The number of rotatable bonds is 3. The fourth-order valence-electron chi connectivity index (χ4n) is 4.62. The quantitative estimate of drug-likeness (QED) is 0.722. The van der Waals surface area contributed by atoms with Crippen LogP contribution in [0.1, 0.15) is 32.6 Å². The third kappa shape index (κ3) is 2.39. The monoisotopic (exact) mass is 296 g/mol. The number of likely N-dealkylation sites (tertiary alicyclic amines) is 1. The van der Waals surface area contributed by atoms with Crippen LogP contribution in [0.5, 0.6) is 0 Å². The van der Waals surface area contributed by atoms with Gasteiger partial charge in [0.2, 0.25) is 0 Å². The van der Waals surface area contributed by atoms with Crippen LogP contribution in [0.2, 0.25) is 0 Å². The number of hydrogen-bond acceptors (Lipinski definition) is 3. The van der Waals surface area contributed by atoms with Crippen LogP contribution in [-0.2, 0) is 4.79 Å². The minimum Gasteiger partial charge on any atom is -0.481 e. The van der Waals surface area contributed by atoms with Crippen molar-refractivity contribution in [2.24, 2.45) is 23.7 Å². The van der Waals surface area contributed by atoms with Gasteiger partial charge in [0.05, 0.1) is 18.6 Å². The van der Waals surface area contributed by atoms with Gasteiger partial charge in [-0.05, 0) is 43.4 Å². The highest BCUT2D eigenvalue weighted by Crippen LogP contribution is 2.48. The average molecular weight is 296 g/mol. The molecule has 0 aromatic heterocycles. The third-order valence-electron chi connectivity index (χ3n) is 5.82. The zero-order chi connectivity index (χ0) is 15.1. The van der Waals surface area contributed by atoms with Crippen LogP contribution in [-0.4, -0.2) is 52.3 Å². The number of amides is 2. The van der Waals surface area contributed by atoms with Gasteiger partial charge in [0.1, 0.15) is 0 Å². The molecular weight excluding hydrogens is 272 g/mol. The smallest absolute Gasteiger partial charge is 0.317 e. The van der Waals surface area contributed by atoms with E-state index in [0.717, 1.165) is 25.7 Å². The van der Waals surface area contributed by atoms with Gasteiger partial charge in [-0.3, -0.25) is 4.79 Å². The predicted molar refractivity (Wildman–Crippen MR) is 75.6 cm³/mol. The number of nitrogens with zero attached hydrogens (tertiary/aromatic N) is 1. The Morgan fingerprint density at radius 2 is 1.95 bits per heavy atom. The standard InChI is InChI=1S/C15H24N2O4/c1-8-4-5-17(11(8)7-18)15(21)16-13-10-3-2-9(6-10)12(13)14(19)20/h8-13,18H,2-7H2,1H3,(H,16,21)(H,19,20). The maximum Gasteiger partial charge on any atom is 0.317 e. The van der Waals surface area contributed by atoms with Gasteiger partial charge in [-0.15, -0.1) is 0 Å². The van der Waals surface area contributed by atoms with E-state index in [9.17, 15) is 19.8 Å². The van der Waals surface area contributed by atoms with Gasteiger partial charge in [0.25, 0.3) is 0 Å². The van der Waals surface area contributed by atoms with Crippen molar-refractivity contribution in [1.29, 1.82) is 0 Å². The van der Waals surface area contributed by atoms with E-state index in [-0.39, 0.29) is 36.6 Å². The number of urea groups is 1. The van der Waals surface area contributed by atoms with Crippen molar-refractivity contribution in [1.82, 2.24) is 10.2 Å². The minimum absolute atomic E-state index is 0.0341. The molecule has 2 bridgehead atoms. The van der Waals surface area contributed by atoms with Crippen molar-refractivity contribution in [2.75, 3.05) is 13.2 Å². The molecule has 6 nitrogen and oxygen atoms in total. The molecule has 2 saturated carbocycles. The summed E-state index contributed by atoms with van der Waals surface area (Å²) in [6.07, 6.45) is 3.78. The van der Waals surface area contributed by atoms with Crippen LogP contribution in [0.4, 0.5) is 4.79 Å². The number of fused-ring (bicyclic) bond motifs is 2. The molecule has 0 spiro atoms. The Kier molecular flexibility index (Phi) is 3.82. The molecule has 0 aromatic rings. The molecular formula is C15H24N2O4. The Labute approximate surface area is 124 Å². The normalized spacial score (nSPS) is 41.5. The van der Waals surface area contributed by atoms with E-state index in [4.69, 9.17) is 0 Å². The first-order valence-electron chi connectivity index (χ1n) is 7.93. The lowest BCUT2D eigenvalue weighted by Gasteiger charge is -2.32. The third-order valence-corrected chi connectivity index (χ3v) is 5.82. The number of aliphatic hydroxyl groups is 1. The van der Waals surface area contributed by atoms with Crippen LogP contribution < -0.4 is 5.32 Å². The molecule has 1 aliphatic heterocycles. The number of carbonyl (C=O) groups is 2. The highest BCUT2D eigenvalue weighted by molar-refractivity contribution is 5.78. The van der Waals surface area contributed by atoms with Crippen molar-refractivity contribution in [3.8, 4) is 0 Å². The van der Waals surface area contributed by atoms with Crippen LogP contribution in [0.15, 0.2) is 0 Å². The lowest BCUT2D eigenvalue weighted by atomic mass is 9.84. The van der Waals surface area contributed by atoms with E-state index in [2.05, 4.69) is 5.32 Å². The molecule has 6 atom stereocenters. The number of aliphatic carboxylic acids is 1. The van der Waals surface area contributed by atoms with E-state index in [0.29, 0.717) is 12.5 Å². The summed E-state index contributed by atoms with van der Waals surface area (Å²) in [7, 11) is 0. The van der Waals surface area contributed by atoms with Gasteiger partial charge in [0, 0.05) is 12.6 Å². The van der Waals surface area contributed by atoms with Crippen LogP contribution in [0.25, 0.3) is 0 Å². The molecule has 2 amide bonds. The lowest BCUT2D eigenvalue weighted by molar-refractivity contribution is -0.144. The van der Waals surface area contributed by atoms with Gasteiger partial charge in [-0.1, -0.05) is 6.92 Å². The topological polar surface area (TPSA) is 89.9 Å². The average Bonchev–Trinajstić information content (AvgIpc) is 3.11. The van der Waals surface area contributed by atoms with E-state index < -0.39 is 11.9 Å². The second kappa shape index (κ2) is 5.48. The maximum atomic E-state index is 12.5. The van der Waals surface area contributed by atoms with Gasteiger partial charge in [-0.2, -0.15) is 0 Å². The van der Waals surface area contributed by atoms with Gasteiger partial charge >= 0.3 is 12.0 Å². The number of hydrogen-bond donors (Lipinski definition) is 3. The molecule has 1 heterocycles. The summed E-state index contributed by atoms with van der Waals surface area (Å²) in [5, 5.41) is 21.8. The first-order chi connectivity index (χ1) is 10.0. The summed E-state index contributed by atoms with van der Waals surface area (Å²) in [6.45, 7) is 2.64. The molecule has 6 heteroatoms. The van der Waals surface area contributed by atoms with Gasteiger partial charge in [0.15, 0.2) is 0 Å². The molecule has 3 aliphatic rings. The van der Waals surface area contributed by atoms with Crippen LogP contribution >= 0.6 is 0 Å². The predicted octanol–water partition coefficient (Wildman–Crippen LogP) is 0.898. The summed E-state index contributed by atoms with van der Waals surface area (Å²) in [6, 6.07) is -0.599. The van der Waals surface area contributed by atoms with Crippen molar-refractivity contribution in [3.63, 3.8) is 0 Å². The molecule has 118 valence electrons. The van der Waals surface area contributed by atoms with Crippen molar-refractivity contribution >= 4 is 12.0 Å². The fraction of sp³-hybridized carbons (Fsp3) is 0.867. The van der Waals surface area contributed by atoms with Gasteiger partial charge in [-0.25, -0.2) is 4.79 Å². The Morgan fingerprint density at radius 3 is 2.62 bits per heavy atom. The van der Waals surface area contributed by atoms with Crippen molar-refractivity contribution in [2.45, 2.75) is 44.7 Å². The zero-order valence-electron chi connectivity index (χ0n) is 12.4. The highest BCUT2D eigenvalue weighted by atomic mass is 16.4. The highest BCUT2D eigenvalue weighted by Gasteiger charge is 2.52. The minimum atomic E-state index is -0.791. The molecule has 3 fully saturated rings. The molecule has 2 aliphatic carbocycles. The van der Waals surface area contributed by atoms with Crippen LogP contribution in [0, 0.1) is 23.7 Å². The molecule has 0 radical (unpaired) electrons. The number of carboxylic acid groups (broad SMARTS) is 1. The SMILES string of the molecule is CC1CCN(C(=O)NC2C3CCC(C3)C2C(=O)O)C1CO. The largest absolute Gasteiger partial charge is 0.481 e. The Bertz CT molecular complexity index is 441. The first-order valence-corrected chi connectivity index (χ1v) is 7.93. The summed E-state index contributed by atoms with van der Waals surface area (Å²) >= 11 is 0.